The van der Waals surface area contributed by atoms with Crippen LogP contribution in [0.3, 0.4) is 0 Å². The fraction of sp³-hybridized carbons (Fsp3) is 0.389. The van der Waals surface area contributed by atoms with E-state index >= 15 is 0 Å². The summed E-state index contributed by atoms with van der Waals surface area (Å²) in [7, 11) is 0. The van der Waals surface area contributed by atoms with Crippen molar-refractivity contribution in [3.63, 3.8) is 0 Å². The molecule has 1 aromatic heterocycles. The summed E-state index contributed by atoms with van der Waals surface area (Å²) in [4.78, 5) is 27.6. The molecule has 0 aliphatic heterocycles. The number of hydrogen-bond donors (Lipinski definition) is 1. The van der Waals surface area contributed by atoms with Gasteiger partial charge in [0.25, 0.3) is 0 Å². The van der Waals surface area contributed by atoms with Crippen molar-refractivity contribution < 1.29 is 27.9 Å². The van der Waals surface area contributed by atoms with Crippen molar-refractivity contribution in [2.24, 2.45) is 11.8 Å². The SMILES string of the molecule is CC(C)[C@H](CC(=O)Cc1csc(-c2ccc(C(F)(F)F)cc2)n1)C(=O)O. The van der Waals surface area contributed by atoms with Crippen LogP contribution in [0.25, 0.3) is 10.6 Å². The van der Waals surface area contributed by atoms with E-state index in [9.17, 15) is 22.8 Å². The lowest BCUT2D eigenvalue weighted by atomic mass is 9.90. The van der Waals surface area contributed by atoms with E-state index in [0.29, 0.717) is 16.3 Å². The lowest BCUT2D eigenvalue weighted by Crippen LogP contribution is -2.23. The Kier molecular flexibility index (Phi) is 6.17. The average molecular weight is 385 g/mol. The van der Waals surface area contributed by atoms with Crippen LogP contribution in [0.4, 0.5) is 13.2 Å². The number of Topliss-reactive ketones (excluding diaryl/α,β-unsaturated/α-hetero) is 1. The summed E-state index contributed by atoms with van der Waals surface area (Å²) >= 11 is 1.23. The third-order valence-electron chi connectivity index (χ3n) is 3.96. The molecule has 0 saturated carbocycles. The lowest BCUT2D eigenvalue weighted by Gasteiger charge is -2.14. The number of carbonyl (C=O) groups excluding carboxylic acids is 1. The second-order valence-electron chi connectivity index (χ2n) is 6.33. The van der Waals surface area contributed by atoms with Crippen LogP contribution in [0.2, 0.25) is 0 Å². The Bertz CT molecular complexity index is 782. The number of carboxylic acid groups (broad SMARTS) is 1. The Hall–Kier alpha value is -2.22. The Morgan fingerprint density at radius 1 is 1.19 bits per heavy atom. The van der Waals surface area contributed by atoms with Gasteiger partial charge in [0.1, 0.15) is 10.8 Å². The van der Waals surface area contributed by atoms with Crippen LogP contribution < -0.4 is 0 Å². The zero-order valence-corrected chi connectivity index (χ0v) is 15.0. The molecule has 1 aromatic carbocycles. The largest absolute Gasteiger partial charge is 0.481 e. The first kappa shape index (κ1) is 20.1. The van der Waals surface area contributed by atoms with E-state index in [1.165, 1.54) is 23.5 Å². The van der Waals surface area contributed by atoms with Crippen molar-refractivity contribution in [2.75, 3.05) is 0 Å². The van der Waals surface area contributed by atoms with Gasteiger partial charge in [0.05, 0.1) is 17.2 Å². The van der Waals surface area contributed by atoms with E-state index in [4.69, 9.17) is 5.11 Å². The number of carbonyl (C=O) groups is 2. The zero-order chi connectivity index (χ0) is 19.5. The van der Waals surface area contributed by atoms with Crippen molar-refractivity contribution in [2.45, 2.75) is 32.9 Å². The van der Waals surface area contributed by atoms with Crippen LogP contribution in [0.15, 0.2) is 29.6 Å². The quantitative estimate of drug-likeness (QED) is 0.751. The molecule has 140 valence electrons. The van der Waals surface area contributed by atoms with Gasteiger partial charge in [0, 0.05) is 23.8 Å². The molecule has 0 spiro atoms. The molecule has 1 heterocycles. The fourth-order valence-corrected chi connectivity index (χ4v) is 3.28. The fourth-order valence-electron chi connectivity index (χ4n) is 2.45. The molecule has 0 bridgehead atoms. The van der Waals surface area contributed by atoms with Gasteiger partial charge >= 0.3 is 12.1 Å². The first-order chi connectivity index (χ1) is 12.1. The molecule has 0 aliphatic rings. The zero-order valence-electron chi connectivity index (χ0n) is 14.2. The molecule has 8 heteroatoms. The van der Waals surface area contributed by atoms with E-state index in [-0.39, 0.29) is 24.5 Å². The van der Waals surface area contributed by atoms with Crippen LogP contribution in [0, 0.1) is 11.8 Å². The summed E-state index contributed by atoms with van der Waals surface area (Å²) < 4.78 is 37.8. The molecule has 0 aliphatic carbocycles. The van der Waals surface area contributed by atoms with E-state index in [1.54, 1.807) is 19.2 Å². The molecule has 2 aromatic rings. The van der Waals surface area contributed by atoms with Crippen LogP contribution >= 0.6 is 11.3 Å². The highest BCUT2D eigenvalue weighted by atomic mass is 32.1. The van der Waals surface area contributed by atoms with Gasteiger partial charge in [-0.2, -0.15) is 13.2 Å². The minimum Gasteiger partial charge on any atom is -0.481 e. The maximum absolute atomic E-state index is 12.6. The predicted octanol–water partition coefficient (Wildman–Crippen LogP) is 4.69. The van der Waals surface area contributed by atoms with Gasteiger partial charge in [-0.1, -0.05) is 26.0 Å². The standard InChI is InChI=1S/C18H18F3NO3S/c1-10(2)15(17(24)25)8-14(23)7-13-9-26-16(22-13)11-3-5-12(6-4-11)18(19,20)21/h3-6,9-10,15H,7-8H2,1-2H3,(H,24,25)/t15-/m0/s1. The molecule has 0 fully saturated rings. The predicted molar refractivity (Wildman–Crippen MR) is 91.8 cm³/mol. The third-order valence-corrected chi connectivity index (χ3v) is 4.90. The molecule has 26 heavy (non-hydrogen) atoms. The van der Waals surface area contributed by atoms with Gasteiger partial charge in [-0.05, 0) is 18.1 Å². The number of aromatic nitrogens is 1. The van der Waals surface area contributed by atoms with Crippen LogP contribution in [0.5, 0.6) is 0 Å². The number of rotatable bonds is 7. The van der Waals surface area contributed by atoms with Crippen molar-refractivity contribution >= 4 is 23.1 Å². The minimum atomic E-state index is -4.39. The monoisotopic (exact) mass is 385 g/mol. The van der Waals surface area contributed by atoms with Gasteiger partial charge in [-0.25, -0.2) is 4.98 Å². The Balaban J connectivity index is 2.05. The second-order valence-corrected chi connectivity index (χ2v) is 7.19. The molecule has 0 unspecified atom stereocenters. The molecule has 0 radical (unpaired) electrons. The number of halogens is 3. The lowest BCUT2D eigenvalue weighted by molar-refractivity contribution is -0.145. The normalized spacial score (nSPS) is 13.0. The van der Waals surface area contributed by atoms with Crippen LogP contribution in [-0.4, -0.2) is 21.8 Å². The highest BCUT2D eigenvalue weighted by Gasteiger charge is 2.30. The van der Waals surface area contributed by atoms with E-state index in [2.05, 4.69) is 4.98 Å². The maximum atomic E-state index is 12.6. The van der Waals surface area contributed by atoms with Gasteiger partial charge in [0.15, 0.2) is 0 Å². The van der Waals surface area contributed by atoms with Gasteiger partial charge in [-0.15, -0.1) is 11.3 Å². The highest BCUT2D eigenvalue weighted by molar-refractivity contribution is 7.13. The summed E-state index contributed by atoms with van der Waals surface area (Å²) in [5.74, 6) is -2.13. The topological polar surface area (TPSA) is 67.3 Å². The van der Waals surface area contributed by atoms with Crippen LogP contribution in [-0.2, 0) is 22.2 Å². The summed E-state index contributed by atoms with van der Waals surface area (Å²) in [6, 6.07) is 4.66. The number of ketones is 1. The Labute approximate surface area is 152 Å². The maximum Gasteiger partial charge on any atom is 0.416 e. The average Bonchev–Trinajstić information content (AvgIpc) is 2.99. The van der Waals surface area contributed by atoms with E-state index in [1.807, 2.05) is 0 Å². The first-order valence-electron chi connectivity index (χ1n) is 7.94. The van der Waals surface area contributed by atoms with Gasteiger partial charge in [-0.3, -0.25) is 9.59 Å². The molecule has 0 saturated heterocycles. The summed E-state index contributed by atoms with van der Waals surface area (Å²) in [5, 5.41) is 11.3. The number of nitrogens with zero attached hydrogens (tertiary/aromatic N) is 1. The number of aliphatic carboxylic acids is 1. The summed E-state index contributed by atoms with van der Waals surface area (Å²) in [5.41, 5.74) is 0.289. The number of benzene rings is 1. The molecule has 4 nitrogen and oxygen atoms in total. The van der Waals surface area contributed by atoms with Gasteiger partial charge in [0.2, 0.25) is 0 Å². The smallest absolute Gasteiger partial charge is 0.416 e. The Morgan fingerprint density at radius 2 is 1.81 bits per heavy atom. The van der Waals surface area contributed by atoms with Crippen LogP contribution in [0.1, 0.15) is 31.5 Å². The van der Waals surface area contributed by atoms with Gasteiger partial charge < -0.3 is 5.11 Å². The van der Waals surface area contributed by atoms with Crippen molar-refractivity contribution in [1.29, 1.82) is 0 Å². The van der Waals surface area contributed by atoms with E-state index < -0.39 is 23.6 Å². The molecular weight excluding hydrogens is 367 g/mol. The number of alkyl halides is 3. The number of hydrogen-bond acceptors (Lipinski definition) is 4. The minimum absolute atomic E-state index is 0.00757. The Morgan fingerprint density at radius 3 is 2.31 bits per heavy atom. The summed E-state index contributed by atoms with van der Waals surface area (Å²) in [6.45, 7) is 3.50. The molecule has 1 atom stereocenters. The van der Waals surface area contributed by atoms with E-state index in [0.717, 1.165) is 12.1 Å². The second kappa shape index (κ2) is 7.99. The molecule has 2 rings (SSSR count). The molecule has 0 amide bonds. The first-order valence-corrected chi connectivity index (χ1v) is 8.82. The number of thiazole rings is 1. The van der Waals surface area contributed by atoms with Crippen molar-refractivity contribution in [3.05, 3.63) is 40.9 Å². The summed E-state index contributed by atoms with van der Waals surface area (Å²) in [6.07, 6.45) is -4.45. The number of carboxylic acids is 1. The highest BCUT2D eigenvalue weighted by Crippen LogP contribution is 2.32. The van der Waals surface area contributed by atoms with Crippen molar-refractivity contribution in [3.8, 4) is 10.6 Å². The molecule has 1 N–H and O–H groups in total. The van der Waals surface area contributed by atoms with Crippen molar-refractivity contribution in [1.82, 2.24) is 4.98 Å². The molecular formula is C18H18F3NO3S. The third kappa shape index (κ3) is 5.14.